The molecule has 1 N–H and O–H groups in total. The highest BCUT2D eigenvalue weighted by Crippen LogP contribution is 2.27. The van der Waals surface area contributed by atoms with Crippen LogP contribution in [0.3, 0.4) is 0 Å². The van der Waals surface area contributed by atoms with Gasteiger partial charge in [-0.3, -0.25) is 0 Å². The van der Waals surface area contributed by atoms with E-state index < -0.39 is 0 Å². The third-order valence-electron chi connectivity index (χ3n) is 3.67. The van der Waals surface area contributed by atoms with Crippen molar-refractivity contribution in [3.63, 3.8) is 0 Å². The predicted molar refractivity (Wildman–Crippen MR) is 77.6 cm³/mol. The molecule has 0 spiro atoms. The average molecular weight is 263 g/mol. The van der Waals surface area contributed by atoms with Crippen LogP contribution in [0.2, 0.25) is 0 Å². The van der Waals surface area contributed by atoms with Crippen LogP contribution in [0.5, 0.6) is 5.88 Å². The van der Waals surface area contributed by atoms with E-state index in [1.165, 1.54) is 19.3 Å². The summed E-state index contributed by atoms with van der Waals surface area (Å²) in [7, 11) is 0. The van der Waals surface area contributed by atoms with Gasteiger partial charge < -0.3 is 10.1 Å². The van der Waals surface area contributed by atoms with E-state index in [-0.39, 0.29) is 0 Å². The Morgan fingerprint density at radius 3 is 2.84 bits per heavy atom. The van der Waals surface area contributed by atoms with E-state index >= 15 is 0 Å². The first-order chi connectivity index (χ1) is 9.19. The Morgan fingerprint density at radius 1 is 1.32 bits per heavy atom. The van der Waals surface area contributed by atoms with Gasteiger partial charge in [0.1, 0.15) is 6.10 Å². The molecule has 0 aromatic carbocycles. The maximum Gasteiger partial charge on any atom is 0.226 e. The van der Waals surface area contributed by atoms with Crippen molar-refractivity contribution in [1.82, 2.24) is 9.97 Å². The van der Waals surface area contributed by atoms with Crippen LogP contribution < -0.4 is 10.1 Å². The van der Waals surface area contributed by atoms with E-state index in [4.69, 9.17) is 4.74 Å². The first kappa shape index (κ1) is 14.1. The SMILES string of the molecule is CCCNc1nc(C)cc(OC2CCCCC2C)n1. The molecule has 1 aliphatic carbocycles. The van der Waals surface area contributed by atoms with Gasteiger partial charge in [-0.1, -0.05) is 20.3 Å². The maximum absolute atomic E-state index is 6.08. The van der Waals surface area contributed by atoms with Gasteiger partial charge in [0.25, 0.3) is 0 Å². The molecule has 2 unspecified atom stereocenters. The van der Waals surface area contributed by atoms with Crippen LogP contribution in [0.15, 0.2) is 6.07 Å². The van der Waals surface area contributed by atoms with Gasteiger partial charge >= 0.3 is 0 Å². The second kappa shape index (κ2) is 6.73. The summed E-state index contributed by atoms with van der Waals surface area (Å²) < 4.78 is 6.08. The Bertz CT molecular complexity index is 408. The minimum absolute atomic E-state index is 0.307. The molecule has 0 amide bonds. The summed E-state index contributed by atoms with van der Waals surface area (Å²) in [5, 5.41) is 3.22. The minimum atomic E-state index is 0.307. The minimum Gasteiger partial charge on any atom is -0.474 e. The Balaban J connectivity index is 2.04. The molecule has 1 aliphatic rings. The maximum atomic E-state index is 6.08. The zero-order chi connectivity index (χ0) is 13.7. The summed E-state index contributed by atoms with van der Waals surface area (Å²) in [6.45, 7) is 7.27. The van der Waals surface area contributed by atoms with Crippen molar-refractivity contribution in [3.8, 4) is 5.88 Å². The molecular weight excluding hydrogens is 238 g/mol. The van der Waals surface area contributed by atoms with E-state index in [0.717, 1.165) is 25.1 Å². The van der Waals surface area contributed by atoms with E-state index in [0.29, 0.717) is 23.9 Å². The zero-order valence-corrected chi connectivity index (χ0v) is 12.3. The molecule has 2 rings (SSSR count). The highest BCUT2D eigenvalue weighted by molar-refractivity contribution is 5.30. The van der Waals surface area contributed by atoms with Crippen molar-refractivity contribution in [1.29, 1.82) is 0 Å². The van der Waals surface area contributed by atoms with Gasteiger partial charge in [0.15, 0.2) is 0 Å². The standard InChI is InChI=1S/C15H25N3O/c1-4-9-16-15-17-12(3)10-14(18-15)19-13-8-6-5-7-11(13)2/h10-11,13H,4-9H2,1-3H3,(H,16,17,18). The molecule has 4 heteroatoms. The Hall–Kier alpha value is -1.32. The number of ether oxygens (including phenoxy) is 1. The molecule has 19 heavy (non-hydrogen) atoms. The van der Waals surface area contributed by atoms with Gasteiger partial charge in [-0.2, -0.15) is 4.98 Å². The van der Waals surface area contributed by atoms with Crippen LogP contribution >= 0.6 is 0 Å². The molecule has 1 fully saturated rings. The smallest absolute Gasteiger partial charge is 0.226 e. The molecule has 4 nitrogen and oxygen atoms in total. The zero-order valence-electron chi connectivity index (χ0n) is 12.3. The molecule has 2 atom stereocenters. The molecule has 1 heterocycles. The van der Waals surface area contributed by atoms with Crippen molar-refractivity contribution in [3.05, 3.63) is 11.8 Å². The number of anilines is 1. The van der Waals surface area contributed by atoms with Gasteiger partial charge in [0, 0.05) is 18.3 Å². The number of rotatable bonds is 5. The van der Waals surface area contributed by atoms with Crippen molar-refractivity contribution >= 4 is 5.95 Å². The number of aryl methyl sites for hydroxylation is 1. The van der Waals surface area contributed by atoms with Crippen molar-refractivity contribution in [2.45, 2.75) is 59.0 Å². The lowest BCUT2D eigenvalue weighted by Crippen LogP contribution is -2.28. The van der Waals surface area contributed by atoms with E-state index in [2.05, 4.69) is 29.1 Å². The average Bonchev–Trinajstić information content (AvgIpc) is 2.38. The predicted octanol–water partition coefficient (Wildman–Crippen LogP) is 3.56. The molecule has 0 saturated heterocycles. The number of nitrogens with zero attached hydrogens (tertiary/aromatic N) is 2. The summed E-state index contributed by atoms with van der Waals surface area (Å²) in [4.78, 5) is 8.84. The van der Waals surface area contributed by atoms with E-state index in [1.807, 2.05) is 13.0 Å². The molecular formula is C15H25N3O. The highest BCUT2D eigenvalue weighted by Gasteiger charge is 2.23. The van der Waals surface area contributed by atoms with Gasteiger partial charge in [-0.25, -0.2) is 4.98 Å². The molecule has 0 aliphatic heterocycles. The van der Waals surface area contributed by atoms with Crippen molar-refractivity contribution < 1.29 is 4.74 Å². The normalized spacial score (nSPS) is 23.1. The number of hydrogen-bond donors (Lipinski definition) is 1. The molecule has 1 aromatic rings. The highest BCUT2D eigenvalue weighted by atomic mass is 16.5. The summed E-state index contributed by atoms with van der Waals surface area (Å²) in [6, 6.07) is 1.93. The largest absolute Gasteiger partial charge is 0.474 e. The second-order valence-corrected chi connectivity index (χ2v) is 5.52. The van der Waals surface area contributed by atoms with Crippen LogP contribution in [0.1, 0.15) is 51.6 Å². The first-order valence-corrected chi connectivity index (χ1v) is 7.45. The van der Waals surface area contributed by atoms with Crippen LogP contribution in [-0.4, -0.2) is 22.6 Å². The summed E-state index contributed by atoms with van der Waals surface area (Å²) in [6.07, 6.45) is 6.36. The van der Waals surface area contributed by atoms with Gasteiger partial charge in [-0.05, 0) is 38.5 Å². The Kier molecular flexibility index (Phi) is 5.00. The third kappa shape index (κ3) is 4.08. The van der Waals surface area contributed by atoms with Crippen LogP contribution in [0, 0.1) is 12.8 Å². The Labute approximate surface area is 116 Å². The van der Waals surface area contributed by atoms with Gasteiger partial charge in [-0.15, -0.1) is 0 Å². The fourth-order valence-corrected chi connectivity index (χ4v) is 2.53. The summed E-state index contributed by atoms with van der Waals surface area (Å²) in [5.74, 6) is 2.02. The fraction of sp³-hybridized carbons (Fsp3) is 0.733. The van der Waals surface area contributed by atoms with Crippen molar-refractivity contribution in [2.75, 3.05) is 11.9 Å². The second-order valence-electron chi connectivity index (χ2n) is 5.52. The number of nitrogens with one attached hydrogen (secondary N) is 1. The van der Waals surface area contributed by atoms with Crippen LogP contribution in [0.4, 0.5) is 5.95 Å². The summed E-state index contributed by atoms with van der Waals surface area (Å²) in [5.41, 5.74) is 0.951. The quantitative estimate of drug-likeness (QED) is 0.882. The monoisotopic (exact) mass is 263 g/mol. The number of hydrogen-bond acceptors (Lipinski definition) is 4. The molecule has 1 aromatic heterocycles. The summed E-state index contributed by atoms with van der Waals surface area (Å²) >= 11 is 0. The molecule has 1 saturated carbocycles. The lowest BCUT2D eigenvalue weighted by atomic mass is 9.88. The topological polar surface area (TPSA) is 47.0 Å². The van der Waals surface area contributed by atoms with E-state index in [9.17, 15) is 0 Å². The molecule has 106 valence electrons. The number of aromatic nitrogens is 2. The molecule has 0 bridgehead atoms. The lowest BCUT2D eigenvalue weighted by Gasteiger charge is -2.28. The van der Waals surface area contributed by atoms with Crippen molar-refractivity contribution in [2.24, 2.45) is 5.92 Å². The van der Waals surface area contributed by atoms with Gasteiger partial charge in [0.2, 0.25) is 11.8 Å². The lowest BCUT2D eigenvalue weighted by molar-refractivity contribution is 0.0975. The Morgan fingerprint density at radius 2 is 2.11 bits per heavy atom. The molecule has 0 radical (unpaired) electrons. The fourth-order valence-electron chi connectivity index (χ4n) is 2.53. The van der Waals surface area contributed by atoms with Gasteiger partial charge in [0.05, 0.1) is 0 Å². The van der Waals surface area contributed by atoms with E-state index in [1.54, 1.807) is 0 Å². The first-order valence-electron chi connectivity index (χ1n) is 7.45. The van der Waals surface area contributed by atoms with Crippen LogP contribution in [0.25, 0.3) is 0 Å². The van der Waals surface area contributed by atoms with Crippen LogP contribution in [-0.2, 0) is 0 Å². The third-order valence-corrected chi connectivity index (χ3v) is 3.67.